The van der Waals surface area contributed by atoms with Crippen molar-refractivity contribution in [3.63, 3.8) is 0 Å². The molecule has 1 unspecified atom stereocenters. The Hall–Kier alpha value is -5.22. The number of aromatic hydroxyl groups is 1. The number of halogens is 1. The van der Waals surface area contributed by atoms with Gasteiger partial charge in [0.05, 0.1) is 18.3 Å². The number of nitrogens with zero attached hydrogens (tertiary/aromatic N) is 1. The molecule has 11 heteroatoms. The molecule has 7 rings (SSSR count). The first-order valence-corrected chi connectivity index (χ1v) is 13.7. The maximum absolute atomic E-state index is 13.8. The van der Waals surface area contributed by atoms with Crippen molar-refractivity contribution in [2.75, 3.05) is 29.8 Å². The topological polar surface area (TPSA) is 143 Å². The summed E-state index contributed by atoms with van der Waals surface area (Å²) in [6.45, 7) is 0.302. The molecule has 0 fully saturated rings. The Morgan fingerprint density at radius 3 is 2.50 bits per heavy atom. The Labute approximate surface area is 243 Å². The number of hydrogen-bond donors (Lipinski definition) is 5. The van der Waals surface area contributed by atoms with E-state index in [9.17, 15) is 19.5 Å². The minimum Gasteiger partial charge on any atom is -0.506 e. The third-order valence-corrected chi connectivity index (χ3v) is 8.11. The molecule has 3 aromatic carbocycles. The summed E-state index contributed by atoms with van der Waals surface area (Å²) in [6, 6.07) is 19.7. The molecule has 0 radical (unpaired) electrons. The molecule has 42 heavy (non-hydrogen) atoms. The highest BCUT2D eigenvalue weighted by Gasteiger charge is 2.36. The number of anilines is 2. The number of methoxy groups -OCH3 is 1. The van der Waals surface area contributed by atoms with E-state index < -0.39 is 5.97 Å². The first kappa shape index (κ1) is 25.7. The summed E-state index contributed by atoms with van der Waals surface area (Å²) >= 11 is 6.33. The highest BCUT2D eigenvalue weighted by Crippen LogP contribution is 2.46. The fraction of sp³-hybridized carbons (Fsp3) is 0.129. The second kappa shape index (κ2) is 9.71. The molecule has 0 bridgehead atoms. The number of nitrogens with one attached hydrogen (secondary N) is 4. The van der Waals surface area contributed by atoms with Crippen LogP contribution in [0.15, 0.2) is 66.7 Å². The van der Waals surface area contributed by atoms with Crippen molar-refractivity contribution < 1.29 is 24.2 Å². The average molecular weight is 582 g/mol. The largest absolute Gasteiger partial charge is 0.506 e. The standard InChI is InChI=1S/C31H24ClN5O5/c1-42-31(41)24-11-19-27-17(13-32)14-37(25(27)12-26(38)28(19)36-24)30(40)23-10-16-8-18(6-7-21(16)35-23)33-29(39)22-9-15-4-2-3-5-20(15)34-22/h2-12,17,34-36,38H,13-14H2,1H3,(H,33,39). The summed E-state index contributed by atoms with van der Waals surface area (Å²) in [5, 5.41) is 16.0. The second-order valence-corrected chi connectivity index (χ2v) is 10.6. The number of amides is 2. The Kier molecular flexibility index (Phi) is 5.95. The van der Waals surface area contributed by atoms with Crippen LogP contribution >= 0.6 is 11.6 Å². The number of aromatic nitrogens is 3. The highest BCUT2D eigenvalue weighted by molar-refractivity contribution is 6.19. The highest BCUT2D eigenvalue weighted by atomic mass is 35.5. The van der Waals surface area contributed by atoms with Crippen LogP contribution in [0.1, 0.15) is 42.9 Å². The zero-order chi connectivity index (χ0) is 29.1. The fourth-order valence-corrected chi connectivity index (χ4v) is 6.00. The van der Waals surface area contributed by atoms with E-state index in [1.807, 2.05) is 24.3 Å². The number of aromatic amines is 3. The molecule has 2 amide bonds. The first-order chi connectivity index (χ1) is 20.3. The number of alkyl halides is 1. The zero-order valence-corrected chi connectivity index (χ0v) is 23.0. The molecule has 0 saturated carbocycles. The van der Waals surface area contributed by atoms with Gasteiger partial charge in [-0.15, -0.1) is 11.6 Å². The van der Waals surface area contributed by atoms with Crippen LogP contribution in [0.3, 0.4) is 0 Å². The van der Waals surface area contributed by atoms with Crippen LogP contribution < -0.4 is 10.2 Å². The molecule has 0 saturated heterocycles. The smallest absolute Gasteiger partial charge is 0.354 e. The Morgan fingerprint density at radius 1 is 0.952 bits per heavy atom. The van der Waals surface area contributed by atoms with Crippen LogP contribution in [-0.4, -0.2) is 57.4 Å². The van der Waals surface area contributed by atoms with Gasteiger partial charge in [0.2, 0.25) is 0 Å². The van der Waals surface area contributed by atoms with Gasteiger partial charge in [0.1, 0.15) is 22.8 Å². The van der Waals surface area contributed by atoms with Gasteiger partial charge in [-0.05, 0) is 48.0 Å². The van der Waals surface area contributed by atoms with Crippen molar-refractivity contribution in [1.29, 1.82) is 0 Å². The van der Waals surface area contributed by atoms with Crippen LogP contribution in [-0.2, 0) is 4.74 Å². The lowest BCUT2D eigenvalue weighted by Crippen LogP contribution is -2.30. The molecular formula is C31H24ClN5O5. The number of carbonyl (C=O) groups is 3. The van der Waals surface area contributed by atoms with Crippen molar-refractivity contribution in [1.82, 2.24) is 15.0 Å². The Morgan fingerprint density at radius 2 is 1.71 bits per heavy atom. The number of rotatable bonds is 5. The summed E-state index contributed by atoms with van der Waals surface area (Å²) < 4.78 is 4.82. The van der Waals surface area contributed by atoms with Crippen molar-refractivity contribution in [3.05, 3.63) is 89.4 Å². The molecule has 0 aliphatic carbocycles. The van der Waals surface area contributed by atoms with E-state index in [-0.39, 0.29) is 35.1 Å². The summed E-state index contributed by atoms with van der Waals surface area (Å²) in [7, 11) is 1.28. The molecule has 1 atom stereocenters. The van der Waals surface area contributed by atoms with Crippen LogP contribution in [0.2, 0.25) is 0 Å². The number of hydrogen-bond acceptors (Lipinski definition) is 5. The molecule has 210 valence electrons. The summed E-state index contributed by atoms with van der Waals surface area (Å²) in [4.78, 5) is 49.6. The monoisotopic (exact) mass is 581 g/mol. The molecule has 5 N–H and O–H groups in total. The number of para-hydroxylation sites is 1. The molecule has 0 spiro atoms. The number of benzene rings is 3. The first-order valence-electron chi connectivity index (χ1n) is 13.2. The van der Waals surface area contributed by atoms with Crippen LogP contribution in [0, 0.1) is 0 Å². The number of phenols is 1. The number of fused-ring (bicyclic) bond motifs is 5. The fourth-order valence-electron chi connectivity index (χ4n) is 5.75. The van der Waals surface area contributed by atoms with E-state index in [1.165, 1.54) is 13.2 Å². The third kappa shape index (κ3) is 4.07. The van der Waals surface area contributed by atoms with Crippen LogP contribution in [0.4, 0.5) is 11.4 Å². The number of H-pyrrole nitrogens is 3. The van der Waals surface area contributed by atoms with E-state index in [1.54, 1.807) is 41.3 Å². The van der Waals surface area contributed by atoms with Crippen molar-refractivity contribution in [2.24, 2.45) is 0 Å². The molecule has 1 aliphatic rings. The zero-order valence-electron chi connectivity index (χ0n) is 22.2. The molecule has 4 heterocycles. The van der Waals surface area contributed by atoms with Crippen molar-refractivity contribution in [3.8, 4) is 5.75 Å². The molecule has 6 aromatic rings. The molecule has 3 aromatic heterocycles. The maximum atomic E-state index is 13.8. The van der Waals surface area contributed by atoms with Crippen LogP contribution in [0.25, 0.3) is 32.7 Å². The maximum Gasteiger partial charge on any atom is 0.354 e. The minimum absolute atomic E-state index is 0.0982. The number of esters is 1. The van der Waals surface area contributed by atoms with E-state index in [0.29, 0.717) is 40.2 Å². The lowest BCUT2D eigenvalue weighted by Gasteiger charge is -2.17. The predicted octanol–water partition coefficient (Wildman–Crippen LogP) is 5.86. The van der Waals surface area contributed by atoms with E-state index in [2.05, 4.69) is 20.3 Å². The Balaban J connectivity index is 1.19. The van der Waals surface area contributed by atoms with E-state index in [4.69, 9.17) is 16.3 Å². The molecule has 1 aliphatic heterocycles. The van der Waals surface area contributed by atoms with Gasteiger partial charge in [-0.2, -0.15) is 0 Å². The van der Waals surface area contributed by atoms with Gasteiger partial charge >= 0.3 is 5.97 Å². The number of phenolic OH excluding ortho intramolecular Hbond substituents is 1. The van der Waals surface area contributed by atoms with Crippen molar-refractivity contribution >= 4 is 73.5 Å². The summed E-state index contributed by atoms with van der Waals surface area (Å²) in [6.07, 6.45) is 0. The molecule has 10 nitrogen and oxygen atoms in total. The predicted molar refractivity (Wildman–Crippen MR) is 161 cm³/mol. The van der Waals surface area contributed by atoms with Crippen molar-refractivity contribution in [2.45, 2.75) is 5.92 Å². The normalized spacial score (nSPS) is 14.5. The third-order valence-electron chi connectivity index (χ3n) is 7.74. The number of carbonyl (C=O) groups excluding carboxylic acids is 3. The van der Waals surface area contributed by atoms with Gasteiger partial charge in [-0.3, -0.25) is 9.59 Å². The lowest BCUT2D eigenvalue weighted by atomic mass is 9.98. The quantitative estimate of drug-likeness (QED) is 0.128. The van der Waals surface area contributed by atoms with Gasteiger partial charge < -0.3 is 35.0 Å². The lowest BCUT2D eigenvalue weighted by molar-refractivity contribution is 0.0595. The SMILES string of the molecule is COC(=O)c1cc2c3c(cc(O)c2[nH]1)N(C(=O)c1cc2cc(NC(=O)c4cc5ccccc5[nH]4)ccc2[nH]1)CC3CCl. The Bertz CT molecular complexity index is 2040. The van der Waals surface area contributed by atoms with E-state index in [0.717, 1.165) is 27.4 Å². The minimum atomic E-state index is -0.567. The average Bonchev–Trinajstić information content (AvgIpc) is 3.78. The van der Waals surface area contributed by atoms with Gasteiger partial charge in [-0.25, -0.2) is 4.79 Å². The number of ether oxygens (including phenoxy) is 1. The second-order valence-electron chi connectivity index (χ2n) is 10.3. The van der Waals surface area contributed by atoms with Gasteiger partial charge in [-0.1, -0.05) is 18.2 Å². The summed E-state index contributed by atoms with van der Waals surface area (Å²) in [5.74, 6) is -1.22. The van der Waals surface area contributed by atoms with Gasteiger partial charge in [0, 0.05) is 57.3 Å². The molecular weight excluding hydrogens is 558 g/mol. The van der Waals surface area contributed by atoms with Gasteiger partial charge in [0.25, 0.3) is 11.8 Å². The summed E-state index contributed by atoms with van der Waals surface area (Å²) in [5.41, 5.74) is 4.84. The van der Waals surface area contributed by atoms with Crippen LogP contribution in [0.5, 0.6) is 5.75 Å². The van der Waals surface area contributed by atoms with E-state index >= 15 is 0 Å². The van der Waals surface area contributed by atoms with Gasteiger partial charge in [0.15, 0.2) is 0 Å².